The molecule has 1 N–H and O–H groups in total. The van der Waals surface area contributed by atoms with Gasteiger partial charge < -0.3 is 9.73 Å². The summed E-state index contributed by atoms with van der Waals surface area (Å²) in [6, 6.07) is 2.50. The first-order chi connectivity index (χ1) is 8.67. The molecule has 0 fully saturated rings. The van der Waals surface area contributed by atoms with Crippen LogP contribution in [0.1, 0.15) is 38.5 Å². The molecule has 0 unspecified atom stereocenters. The van der Waals surface area contributed by atoms with Crippen molar-refractivity contribution in [3.63, 3.8) is 0 Å². The molecule has 1 aromatic rings. The molecule has 1 rings (SSSR count). The van der Waals surface area contributed by atoms with Crippen LogP contribution in [0.15, 0.2) is 16.7 Å². The topological polar surface area (TPSA) is 28.4 Å². The Morgan fingerprint density at radius 2 is 2.28 bits per heavy atom. The highest BCUT2D eigenvalue weighted by Gasteiger charge is 2.10. The summed E-state index contributed by atoms with van der Waals surface area (Å²) in [6.45, 7) is 9.77. The van der Waals surface area contributed by atoms with E-state index in [9.17, 15) is 0 Å². The second kappa shape index (κ2) is 7.97. The van der Waals surface area contributed by atoms with Gasteiger partial charge in [-0.05, 0) is 19.0 Å². The van der Waals surface area contributed by atoms with E-state index in [1.165, 1.54) is 5.56 Å². The predicted octanol–water partition coefficient (Wildman–Crippen LogP) is 2.62. The number of nitrogens with zero attached hydrogens (tertiary/aromatic N) is 1. The maximum Gasteiger partial charge on any atom is 0.122 e. The molecule has 0 aliphatic heterocycles. The van der Waals surface area contributed by atoms with Crippen molar-refractivity contribution in [1.82, 2.24) is 10.2 Å². The summed E-state index contributed by atoms with van der Waals surface area (Å²) in [6.07, 6.45) is 8.26. The van der Waals surface area contributed by atoms with Crippen LogP contribution < -0.4 is 5.32 Å². The quantitative estimate of drug-likeness (QED) is 0.717. The molecule has 18 heavy (non-hydrogen) atoms. The Morgan fingerprint density at radius 3 is 2.89 bits per heavy atom. The zero-order chi connectivity index (χ0) is 13.4. The molecule has 0 atom stereocenters. The van der Waals surface area contributed by atoms with Gasteiger partial charge in [0.05, 0.1) is 19.4 Å². The number of hydrogen-bond acceptors (Lipinski definition) is 3. The summed E-state index contributed by atoms with van der Waals surface area (Å²) < 4.78 is 5.53. The standard InChI is InChI=1S/C15H24N2O/c1-5-8-17(9-6-2)12-14-7-10-18-15(14)11-16-13(3)4/h1,7,10,13,16H,6,8-9,11-12H2,2-4H3. The van der Waals surface area contributed by atoms with Gasteiger partial charge in [0.1, 0.15) is 5.76 Å². The van der Waals surface area contributed by atoms with Crippen LogP contribution >= 0.6 is 0 Å². The average Bonchev–Trinajstić information content (AvgIpc) is 2.74. The molecule has 1 aromatic heterocycles. The summed E-state index contributed by atoms with van der Waals surface area (Å²) in [7, 11) is 0. The Labute approximate surface area is 111 Å². The van der Waals surface area contributed by atoms with Crippen LogP contribution in [0.25, 0.3) is 0 Å². The van der Waals surface area contributed by atoms with Gasteiger partial charge in [-0.1, -0.05) is 26.7 Å². The van der Waals surface area contributed by atoms with E-state index in [0.717, 1.165) is 31.8 Å². The molecule has 3 heteroatoms. The highest BCUT2D eigenvalue weighted by atomic mass is 16.3. The highest BCUT2D eigenvalue weighted by molar-refractivity contribution is 5.17. The first kappa shape index (κ1) is 14.8. The summed E-state index contributed by atoms with van der Waals surface area (Å²) in [4.78, 5) is 2.27. The molecule has 0 radical (unpaired) electrons. The van der Waals surface area contributed by atoms with Crippen molar-refractivity contribution in [2.45, 2.75) is 46.3 Å². The average molecular weight is 248 g/mol. The lowest BCUT2D eigenvalue weighted by atomic mass is 10.2. The number of furan rings is 1. The van der Waals surface area contributed by atoms with Gasteiger partial charge in [-0.15, -0.1) is 6.42 Å². The molecule has 0 aliphatic rings. The van der Waals surface area contributed by atoms with Crippen molar-refractivity contribution in [2.24, 2.45) is 0 Å². The molecule has 0 saturated carbocycles. The van der Waals surface area contributed by atoms with Crippen LogP contribution in [0.3, 0.4) is 0 Å². The Bertz CT molecular complexity index is 376. The van der Waals surface area contributed by atoms with E-state index < -0.39 is 0 Å². The predicted molar refractivity (Wildman–Crippen MR) is 75.1 cm³/mol. The lowest BCUT2D eigenvalue weighted by molar-refractivity contribution is 0.296. The van der Waals surface area contributed by atoms with Gasteiger partial charge in [-0.25, -0.2) is 0 Å². The minimum absolute atomic E-state index is 0.459. The van der Waals surface area contributed by atoms with Crippen molar-refractivity contribution in [3.05, 3.63) is 23.7 Å². The van der Waals surface area contributed by atoms with Crippen molar-refractivity contribution in [3.8, 4) is 12.3 Å². The van der Waals surface area contributed by atoms with E-state index in [0.29, 0.717) is 12.6 Å². The molecule has 0 aliphatic carbocycles. The third-order valence-electron chi connectivity index (χ3n) is 2.76. The first-order valence-corrected chi connectivity index (χ1v) is 6.61. The fourth-order valence-electron chi connectivity index (χ4n) is 1.86. The van der Waals surface area contributed by atoms with Crippen molar-refractivity contribution in [1.29, 1.82) is 0 Å². The largest absolute Gasteiger partial charge is 0.468 e. The summed E-state index contributed by atoms with van der Waals surface area (Å²) in [5.74, 6) is 3.73. The minimum atomic E-state index is 0.459. The van der Waals surface area contributed by atoms with E-state index in [2.05, 4.69) is 36.9 Å². The number of nitrogens with one attached hydrogen (secondary N) is 1. The maximum atomic E-state index is 5.53. The fraction of sp³-hybridized carbons (Fsp3) is 0.600. The molecule has 0 spiro atoms. The molecular weight excluding hydrogens is 224 g/mol. The molecule has 0 aromatic carbocycles. The Balaban J connectivity index is 2.59. The summed E-state index contributed by atoms with van der Waals surface area (Å²) >= 11 is 0. The first-order valence-electron chi connectivity index (χ1n) is 6.61. The van der Waals surface area contributed by atoms with E-state index in [-0.39, 0.29) is 0 Å². The molecule has 100 valence electrons. The van der Waals surface area contributed by atoms with Gasteiger partial charge in [0.2, 0.25) is 0 Å². The number of hydrogen-bond donors (Lipinski definition) is 1. The van der Waals surface area contributed by atoms with Crippen LogP contribution in [0.2, 0.25) is 0 Å². The van der Waals surface area contributed by atoms with Crippen molar-refractivity contribution < 1.29 is 4.42 Å². The van der Waals surface area contributed by atoms with E-state index >= 15 is 0 Å². The highest BCUT2D eigenvalue weighted by Crippen LogP contribution is 2.13. The van der Waals surface area contributed by atoms with Crippen LogP contribution in [-0.4, -0.2) is 24.0 Å². The monoisotopic (exact) mass is 248 g/mol. The molecule has 0 saturated heterocycles. The van der Waals surface area contributed by atoms with Gasteiger partial charge in [0.15, 0.2) is 0 Å². The Hall–Kier alpha value is -1.24. The van der Waals surface area contributed by atoms with Crippen LogP contribution in [0, 0.1) is 12.3 Å². The second-order valence-corrected chi connectivity index (χ2v) is 4.82. The zero-order valence-electron chi connectivity index (χ0n) is 11.7. The molecule has 0 bridgehead atoms. The van der Waals surface area contributed by atoms with Crippen molar-refractivity contribution in [2.75, 3.05) is 13.1 Å². The lowest BCUT2D eigenvalue weighted by Gasteiger charge is -2.18. The normalized spacial score (nSPS) is 11.1. The maximum absolute atomic E-state index is 5.53. The second-order valence-electron chi connectivity index (χ2n) is 4.82. The van der Waals surface area contributed by atoms with E-state index in [4.69, 9.17) is 10.8 Å². The lowest BCUT2D eigenvalue weighted by Crippen LogP contribution is -2.26. The van der Waals surface area contributed by atoms with Crippen LogP contribution in [0.5, 0.6) is 0 Å². The number of terminal acetylenes is 1. The summed E-state index contributed by atoms with van der Waals surface area (Å²) in [5.41, 5.74) is 1.23. The molecular formula is C15H24N2O. The fourth-order valence-corrected chi connectivity index (χ4v) is 1.86. The van der Waals surface area contributed by atoms with Gasteiger partial charge in [0.25, 0.3) is 0 Å². The molecule has 0 amide bonds. The van der Waals surface area contributed by atoms with E-state index in [1.807, 2.05) is 6.07 Å². The molecule has 3 nitrogen and oxygen atoms in total. The Kier molecular flexibility index (Phi) is 6.56. The summed E-state index contributed by atoms with van der Waals surface area (Å²) in [5, 5.41) is 3.37. The van der Waals surface area contributed by atoms with Crippen LogP contribution in [-0.2, 0) is 13.1 Å². The van der Waals surface area contributed by atoms with Crippen molar-refractivity contribution >= 4 is 0 Å². The Morgan fingerprint density at radius 1 is 1.50 bits per heavy atom. The van der Waals surface area contributed by atoms with Gasteiger partial charge in [-0.2, -0.15) is 0 Å². The minimum Gasteiger partial charge on any atom is -0.468 e. The van der Waals surface area contributed by atoms with Gasteiger partial charge in [0, 0.05) is 18.2 Å². The third-order valence-corrected chi connectivity index (χ3v) is 2.76. The van der Waals surface area contributed by atoms with Gasteiger partial charge >= 0.3 is 0 Å². The van der Waals surface area contributed by atoms with Crippen LogP contribution in [0.4, 0.5) is 0 Å². The van der Waals surface area contributed by atoms with Gasteiger partial charge in [-0.3, -0.25) is 4.90 Å². The number of rotatable bonds is 8. The SMILES string of the molecule is C#CCN(CCC)Cc1ccoc1CNC(C)C. The third kappa shape index (κ3) is 4.95. The smallest absolute Gasteiger partial charge is 0.122 e. The zero-order valence-corrected chi connectivity index (χ0v) is 11.7. The van der Waals surface area contributed by atoms with E-state index in [1.54, 1.807) is 6.26 Å². The molecule has 1 heterocycles.